The molecule has 3 rings (SSSR count). The Morgan fingerprint density at radius 1 is 1.36 bits per heavy atom. The van der Waals surface area contributed by atoms with Gasteiger partial charge in [-0.05, 0) is 12.5 Å². The number of nitrogens with zero attached hydrogens (tertiary/aromatic N) is 6. The monoisotopic (exact) mass is 306 g/mol. The molecule has 22 heavy (non-hydrogen) atoms. The van der Waals surface area contributed by atoms with Gasteiger partial charge >= 0.3 is 0 Å². The van der Waals surface area contributed by atoms with E-state index in [4.69, 9.17) is 10.3 Å². The van der Waals surface area contributed by atoms with E-state index in [-0.39, 0.29) is 0 Å². The van der Waals surface area contributed by atoms with Crippen molar-refractivity contribution in [3.8, 4) is 0 Å². The van der Waals surface area contributed by atoms with Crippen molar-refractivity contribution in [3.05, 3.63) is 23.1 Å². The molecule has 1 saturated heterocycles. The summed E-state index contributed by atoms with van der Waals surface area (Å²) in [6.45, 7) is 1.65. The topological polar surface area (TPSA) is 165 Å². The summed E-state index contributed by atoms with van der Waals surface area (Å²) in [5.74, 6) is 0.383. The Bertz CT molecular complexity index is 714. The number of fused-ring (bicyclic) bond motifs is 1. The van der Waals surface area contributed by atoms with Crippen LogP contribution in [0.25, 0.3) is 21.6 Å². The van der Waals surface area contributed by atoms with Crippen LogP contribution >= 0.6 is 0 Å². The zero-order valence-electron chi connectivity index (χ0n) is 11.5. The van der Waals surface area contributed by atoms with E-state index >= 15 is 0 Å². The van der Waals surface area contributed by atoms with Crippen molar-refractivity contribution in [1.82, 2.24) is 19.9 Å². The minimum Gasteiger partial charge on any atom is -0.390 e. The fraction of sp³-hybridized carbons (Fsp3) is 0.545. The lowest BCUT2D eigenvalue weighted by atomic mass is 9.97. The number of aliphatic hydroxyl groups excluding tert-OH is 2. The van der Waals surface area contributed by atoms with E-state index in [1.807, 2.05) is 0 Å². The van der Waals surface area contributed by atoms with Crippen LogP contribution in [0.15, 0.2) is 17.8 Å². The lowest BCUT2D eigenvalue weighted by Gasteiger charge is -2.40. The average molecular weight is 306 g/mol. The molecule has 11 nitrogen and oxygen atoms in total. The molecule has 3 heterocycles. The van der Waals surface area contributed by atoms with Crippen molar-refractivity contribution >= 4 is 17.0 Å². The largest absolute Gasteiger partial charge is 0.390 e. The third-order valence-electron chi connectivity index (χ3n) is 3.54. The fourth-order valence-corrected chi connectivity index (χ4v) is 2.40. The number of aromatic nitrogens is 4. The molecule has 0 saturated carbocycles. The Kier molecular flexibility index (Phi) is 3.77. The predicted octanol–water partition coefficient (Wildman–Crippen LogP) is -0.0897. The first-order chi connectivity index (χ1) is 10.6. The first kappa shape index (κ1) is 14.5. The van der Waals surface area contributed by atoms with Gasteiger partial charge in [-0.3, -0.25) is 0 Å². The number of nitrogens with one attached hydrogen (secondary N) is 2. The number of azide groups is 1. The first-order valence-corrected chi connectivity index (χ1v) is 6.58. The van der Waals surface area contributed by atoms with E-state index in [1.54, 1.807) is 6.92 Å². The summed E-state index contributed by atoms with van der Waals surface area (Å²) in [7, 11) is 0. The molecule has 1 aliphatic rings. The third-order valence-corrected chi connectivity index (χ3v) is 3.54. The summed E-state index contributed by atoms with van der Waals surface area (Å²) in [6, 6.07) is -0.865. The average Bonchev–Trinajstić information content (AvgIpc) is 2.98. The van der Waals surface area contributed by atoms with Gasteiger partial charge in [0, 0.05) is 4.91 Å². The van der Waals surface area contributed by atoms with Crippen molar-refractivity contribution in [2.75, 3.05) is 5.32 Å². The summed E-state index contributed by atoms with van der Waals surface area (Å²) in [5, 5.41) is 26.6. The maximum absolute atomic E-state index is 10.1. The Morgan fingerprint density at radius 2 is 2.18 bits per heavy atom. The van der Waals surface area contributed by atoms with Gasteiger partial charge in [-0.25, -0.2) is 15.0 Å². The molecule has 116 valence electrons. The maximum Gasteiger partial charge on any atom is 0.182 e. The molecular weight excluding hydrogens is 292 g/mol. The number of rotatable bonds is 3. The Morgan fingerprint density at radius 3 is 2.95 bits per heavy atom. The van der Waals surface area contributed by atoms with E-state index < -0.39 is 30.6 Å². The maximum atomic E-state index is 10.1. The molecule has 4 N–H and O–H groups in total. The van der Waals surface area contributed by atoms with Gasteiger partial charge in [0.05, 0.1) is 24.6 Å². The number of aromatic amines is 1. The quantitative estimate of drug-likeness (QED) is 0.349. The molecule has 5 atom stereocenters. The van der Waals surface area contributed by atoms with Crippen LogP contribution in [-0.2, 0) is 4.74 Å². The molecular formula is C11H14N8O3. The van der Waals surface area contributed by atoms with Gasteiger partial charge in [0.1, 0.15) is 17.9 Å². The van der Waals surface area contributed by atoms with Crippen LogP contribution in [0, 0.1) is 0 Å². The molecule has 11 heteroatoms. The Labute approximate surface area is 124 Å². The van der Waals surface area contributed by atoms with Crippen LogP contribution in [-0.4, -0.2) is 60.7 Å². The highest BCUT2D eigenvalue weighted by Gasteiger charge is 2.42. The first-order valence-electron chi connectivity index (χ1n) is 6.58. The molecule has 0 unspecified atom stereocenters. The van der Waals surface area contributed by atoms with Crippen LogP contribution in [0.2, 0.25) is 0 Å². The standard InChI is InChI=1S/C11H14N8O3/c1-4-5(18-19-12)7(20)8(21)11(22-4)17-10-6-9(14-2-13-6)15-3-16-10/h2-5,7-8,11,20-21H,1H3,(H2,13,14,15,16,17)/t4-,5-,7+,8+,11-/m0/s1. The number of H-pyrrole nitrogens is 1. The highest BCUT2D eigenvalue weighted by molar-refractivity contribution is 5.82. The molecule has 0 amide bonds. The number of anilines is 1. The van der Waals surface area contributed by atoms with E-state index in [2.05, 4.69) is 35.3 Å². The van der Waals surface area contributed by atoms with Gasteiger partial charge in [0.2, 0.25) is 0 Å². The van der Waals surface area contributed by atoms with Gasteiger partial charge in [0.15, 0.2) is 17.7 Å². The predicted molar refractivity (Wildman–Crippen MR) is 74.6 cm³/mol. The molecule has 0 aliphatic carbocycles. The second kappa shape index (κ2) is 5.73. The van der Waals surface area contributed by atoms with Crippen LogP contribution in [0.3, 0.4) is 0 Å². The van der Waals surface area contributed by atoms with Crippen LogP contribution in [0.4, 0.5) is 5.82 Å². The number of aliphatic hydroxyl groups is 2. The fourth-order valence-electron chi connectivity index (χ4n) is 2.40. The molecule has 1 aliphatic heterocycles. The van der Waals surface area contributed by atoms with Crippen molar-refractivity contribution in [2.45, 2.75) is 37.5 Å². The Hall–Kier alpha value is -2.46. The number of ether oxygens (including phenoxy) is 1. The number of imidazole rings is 1. The zero-order chi connectivity index (χ0) is 15.7. The van der Waals surface area contributed by atoms with Gasteiger partial charge in [-0.2, -0.15) is 0 Å². The van der Waals surface area contributed by atoms with E-state index in [0.29, 0.717) is 17.0 Å². The minimum absolute atomic E-state index is 0.383. The SMILES string of the molecule is C[C@@H]1O[C@H](Nc2ncnc3nc[nH]c23)[C@H](O)[C@H](O)[C@H]1N=[N+]=[N-]. The van der Waals surface area contributed by atoms with Crippen molar-refractivity contribution < 1.29 is 14.9 Å². The van der Waals surface area contributed by atoms with Crippen molar-refractivity contribution in [1.29, 1.82) is 0 Å². The molecule has 0 bridgehead atoms. The molecule has 0 spiro atoms. The van der Waals surface area contributed by atoms with Crippen LogP contribution < -0.4 is 5.32 Å². The molecule has 0 aromatic carbocycles. The van der Waals surface area contributed by atoms with Gasteiger partial charge in [-0.1, -0.05) is 5.11 Å². The zero-order valence-corrected chi connectivity index (χ0v) is 11.5. The van der Waals surface area contributed by atoms with Crippen LogP contribution in [0.1, 0.15) is 6.92 Å². The molecule has 2 aromatic heterocycles. The van der Waals surface area contributed by atoms with Gasteiger partial charge in [0.25, 0.3) is 0 Å². The lowest BCUT2D eigenvalue weighted by molar-refractivity contribution is -0.163. The number of hydrogen-bond acceptors (Lipinski definition) is 8. The second-order valence-corrected chi connectivity index (χ2v) is 4.91. The van der Waals surface area contributed by atoms with E-state index in [0.717, 1.165) is 0 Å². The summed E-state index contributed by atoms with van der Waals surface area (Å²) in [4.78, 5) is 17.6. The lowest BCUT2D eigenvalue weighted by Crippen LogP contribution is -2.58. The van der Waals surface area contributed by atoms with Crippen LogP contribution in [0.5, 0.6) is 0 Å². The third kappa shape index (κ3) is 2.42. The summed E-state index contributed by atoms with van der Waals surface area (Å²) in [6.07, 6.45) is -1.25. The Balaban J connectivity index is 1.84. The van der Waals surface area contributed by atoms with Crippen molar-refractivity contribution in [3.63, 3.8) is 0 Å². The van der Waals surface area contributed by atoms with Gasteiger partial charge in [-0.15, -0.1) is 0 Å². The summed E-state index contributed by atoms with van der Waals surface area (Å²) in [5.41, 5.74) is 9.52. The smallest absolute Gasteiger partial charge is 0.182 e. The highest BCUT2D eigenvalue weighted by atomic mass is 16.5. The normalized spacial score (nSPS) is 31.7. The number of hydrogen-bond donors (Lipinski definition) is 4. The minimum atomic E-state index is -1.29. The van der Waals surface area contributed by atoms with E-state index in [9.17, 15) is 10.2 Å². The summed E-state index contributed by atoms with van der Waals surface area (Å²) >= 11 is 0. The highest BCUT2D eigenvalue weighted by Crippen LogP contribution is 2.25. The van der Waals surface area contributed by atoms with E-state index in [1.165, 1.54) is 12.7 Å². The molecule has 0 radical (unpaired) electrons. The summed E-state index contributed by atoms with van der Waals surface area (Å²) < 4.78 is 5.58. The molecule has 2 aromatic rings. The van der Waals surface area contributed by atoms with Gasteiger partial charge < -0.3 is 25.3 Å². The molecule has 1 fully saturated rings. The van der Waals surface area contributed by atoms with Crippen molar-refractivity contribution in [2.24, 2.45) is 5.11 Å². The second-order valence-electron chi connectivity index (χ2n) is 4.91.